The minimum atomic E-state index is 0.646. The molecule has 0 saturated carbocycles. The summed E-state index contributed by atoms with van der Waals surface area (Å²) in [4.78, 5) is 3.43. The van der Waals surface area contributed by atoms with E-state index in [9.17, 15) is 0 Å². The fourth-order valence-corrected chi connectivity index (χ4v) is 3.25. The fourth-order valence-electron chi connectivity index (χ4n) is 2.15. The minimum absolute atomic E-state index is 0.646. The summed E-state index contributed by atoms with van der Waals surface area (Å²) in [5.41, 5.74) is 1.05. The number of rotatable bonds is 8. The van der Waals surface area contributed by atoms with Crippen LogP contribution in [0.5, 0.6) is 11.5 Å². The van der Waals surface area contributed by atoms with Gasteiger partial charge in [-0.15, -0.1) is 11.3 Å². The molecule has 120 valence electrons. The van der Waals surface area contributed by atoms with Gasteiger partial charge in [0.05, 0.1) is 31.7 Å². The number of methoxy groups -OCH3 is 3. The standard InChI is InChI=1S/C16H20ClNO3S/c1-19-9-8-18(11-13-5-7-16(17)22-13)12-4-6-14(20-2)15(10-12)21-3/h4-7,10H,8-9,11H2,1-3H3. The molecule has 0 aliphatic heterocycles. The molecule has 0 spiro atoms. The molecular formula is C16H20ClNO3S. The van der Waals surface area contributed by atoms with Crippen LogP contribution < -0.4 is 14.4 Å². The summed E-state index contributed by atoms with van der Waals surface area (Å²) >= 11 is 7.61. The maximum Gasteiger partial charge on any atom is 0.162 e. The lowest BCUT2D eigenvalue weighted by atomic mass is 10.2. The predicted octanol–water partition coefficient (Wildman–Crippen LogP) is 4.07. The van der Waals surface area contributed by atoms with Crippen molar-refractivity contribution in [3.63, 3.8) is 0 Å². The molecule has 0 fully saturated rings. The normalized spacial score (nSPS) is 10.5. The van der Waals surface area contributed by atoms with Crippen LogP contribution in [0.25, 0.3) is 0 Å². The SMILES string of the molecule is COCCN(Cc1ccc(Cl)s1)c1ccc(OC)c(OC)c1. The van der Waals surface area contributed by atoms with Gasteiger partial charge in [0.15, 0.2) is 11.5 Å². The quantitative estimate of drug-likeness (QED) is 0.724. The summed E-state index contributed by atoms with van der Waals surface area (Å²) in [6.45, 7) is 2.20. The maximum absolute atomic E-state index is 6.02. The first-order chi connectivity index (χ1) is 10.7. The van der Waals surface area contributed by atoms with Crippen molar-refractivity contribution in [2.45, 2.75) is 6.54 Å². The fraction of sp³-hybridized carbons (Fsp3) is 0.375. The molecule has 4 nitrogen and oxygen atoms in total. The van der Waals surface area contributed by atoms with Gasteiger partial charge in [0.2, 0.25) is 0 Å². The van der Waals surface area contributed by atoms with Crippen molar-refractivity contribution in [3.05, 3.63) is 39.5 Å². The third-order valence-corrected chi connectivity index (χ3v) is 4.49. The van der Waals surface area contributed by atoms with Crippen LogP contribution in [0.15, 0.2) is 30.3 Å². The average molecular weight is 342 g/mol. The lowest BCUT2D eigenvalue weighted by molar-refractivity contribution is 0.205. The second-order valence-electron chi connectivity index (χ2n) is 4.66. The molecule has 0 amide bonds. The monoisotopic (exact) mass is 341 g/mol. The Morgan fingerprint density at radius 2 is 1.82 bits per heavy atom. The second kappa shape index (κ2) is 8.27. The van der Waals surface area contributed by atoms with Crippen LogP contribution in [-0.2, 0) is 11.3 Å². The van der Waals surface area contributed by atoms with E-state index in [1.807, 2.05) is 30.3 Å². The highest BCUT2D eigenvalue weighted by Crippen LogP contribution is 2.32. The molecule has 0 radical (unpaired) electrons. The van der Waals surface area contributed by atoms with Crippen molar-refractivity contribution in [2.24, 2.45) is 0 Å². The molecule has 6 heteroatoms. The van der Waals surface area contributed by atoms with Crippen molar-refractivity contribution >= 4 is 28.6 Å². The van der Waals surface area contributed by atoms with E-state index < -0.39 is 0 Å². The minimum Gasteiger partial charge on any atom is -0.493 e. The van der Waals surface area contributed by atoms with Crippen molar-refractivity contribution in [3.8, 4) is 11.5 Å². The molecule has 0 atom stereocenters. The van der Waals surface area contributed by atoms with Crippen molar-refractivity contribution in [2.75, 3.05) is 39.4 Å². The number of hydrogen-bond acceptors (Lipinski definition) is 5. The topological polar surface area (TPSA) is 30.9 Å². The molecule has 22 heavy (non-hydrogen) atoms. The van der Waals surface area contributed by atoms with E-state index in [1.165, 1.54) is 4.88 Å². The molecule has 2 rings (SSSR count). The Morgan fingerprint density at radius 3 is 2.41 bits per heavy atom. The van der Waals surface area contributed by atoms with Crippen LogP contribution in [0.4, 0.5) is 5.69 Å². The molecule has 0 bridgehead atoms. The van der Waals surface area contributed by atoms with Crippen LogP contribution in [0.2, 0.25) is 4.34 Å². The maximum atomic E-state index is 6.02. The number of nitrogens with zero attached hydrogens (tertiary/aromatic N) is 1. The van der Waals surface area contributed by atoms with E-state index >= 15 is 0 Å². The molecule has 0 unspecified atom stereocenters. The summed E-state index contributed by atoms with van der Waals surface area (Å²) in [5.74, 6) is 1.43. The Balaban J connectivity index is 2.24. The van der Waals surface area contributed by atoms with E-state index in [0.29, 0.717) is 12.4 Å². The van der Waals surface area contributed by atoms with Gasteiger partial charge < -0.3 is 19.1 Å². The number of hydrogen-bond donors (Lipinski definition) is 0. The number of benzene rings is 1. The van der Waals surface area contributed by atoms with Crippen LogP contribution in [0, 0.1) is 0 Å². The van der Waals surface area contributed by atoms with Crippen molar-refractivity contribution in [1.29, 1.82) is 0 Å². The first-order valence-electron chi connectivity index (χ1n) is 6.88. The molecular weight excluding hydrogens is 322 g/mol. The van der Waals surface area contributed by atoms with Gasteiger partial charge in [0.1, 0.15) is 0 Å². The van der Waals surface area contributed by atoms with Gasteiger partial charge >= 0.3 is 0 Å². The molecule has 0 N–H and O–H groups in total. The van der Waals surface area contributed by atoms with Gasteiger partial charge in [-0.25, -0.2) is 0 Å². The van der Waals surface area contributed by atoms with Gasteiger partial charge in [0.25, 0.3) is 0 Å². The number of thiophene rings is 1. The Bertz CT molecular complexity index is 603. The number of halogens is 1. The van der Waals surface area contributed by atoms with E-state index in [1.54, 1.807) is 32.7 Å². The van der Waals surface area contributed by atoms with Crippen LogP contribution in [-0.4, -0.2) is 34.5 Å². The number of anilines is 1. The second-order valence-corrected chi connectivity index (χ2v) is 6.46. The Labute approximate surface area is 140 Å². The molecule has 0 aliphatic carbocycles. The average Bonchev–Trinajstić information content (AvgIpc) is 2.95. The Kier molecular flexibility index (Phi) is 6.36. The molecule has 1 heterocycles. The Hall–Kier alpha value is -1.43. The van der Waals surface area contributed by atoms with Gasteiger partial charge in [-0.2, -0.15) is 0 Å². The first kappa shape index (κ1) is 16.9. The molecule has 1 aromatic carbocycles. The zero-order valence-electron chi connectivity index (χ0n) is 13.0. The third kappa shape index (κ3) is 4.29. The molecule has 0 aliphatic rings. The van der Waals surface area contributed by atoms with Crippen LogP contribution in [0.1, 0.15) is 4.88 Å². The van der Waals surface area contributed by atoms with E-state index in [0.717, 1.165) is 28.9 Å². The highest BCUT2D eigenvalue weighted by molar-refractivity contribution is 7.16. The molecule has 0 saturated heterocycles. The summed E-state index contributed by atoms with van der Waals surface area (Å²) in [7, 11) is 4.98. The summed E-state index contributed by atoms with van der Waals surface area (Å²) in [5, 5.41) is 0. The van der Waals surface area contributed by atoms with Crippen LogP contribution in [0.3, 0.4) is 0 Å². The zero-order chi connectivity index (χ0) is 15.9. The number of ether oxygens (including phenoxy) is 3. The van der Waals surface area contributed by atoms with Crippen LogP contribution >= 0.6 is 22.9 Å². The van der Waals surface area contributed by atoms with Crippen molar-refractivity contribution < 1.29 is 14.2 Å². The van der Waals surface area contributed by atoms with E-state index in [-0.39, 0.29) is 0 Å². The summed E-state index contributed by atoms with van der Waals surface area (Å²) in [6, 6.07) is 9.88. The summed E-state index contributed by atoms with van der Waals surface area (Å²) in [6.07, 6.45) is 0. The lowest BCUT2D eigenvalue weighted by Crippen LogP contribution is -2.26. The highest BCUT2D eigenvalue weighted by Gasteiger charge is 2.12. The third-order valence-electron chi connectivity index (χ3n) is 3.27. The van der Waals surface area contributed by atoms with E-state index in [4.69, 9.17) is 25.8 Å². The predicted molar refractivity (Wildman–Crippen MR) is 91.8 cm³/mol. The van der Waals surface area contributed by atoms with E-state index in [2.05, 4.69) is 4.90 Å². The van der Waals surface area contributed by atoms with Gasteiger partial charge in [0, 0.05) is 30.3 Å². The Morgan fingerprint density at radius 1 is 1.05 bits per heavy atom. The highest BCUT2D eigenvalue weighted by atomic mass is 35.5. The van der Waals surface area contributed by atoms with Gasteiger partial charge in [-0.3, -0.25) is 0 Å². The molecule has 2 aromatic rings. The zero-order valence-corrected chi connectivity index (χ0v) is 14.5. The van der Waals surface area contributed by atoms with Gasteiger partial charge in [-0.1, -0.05) is 11.6 Å². The largest absolute Gasteiger partial charge is 0.493 e. The van der Waals surface area contributed by atoms with Gasteiger partial charge in [-0.05, 0) is 24.3 Å². The lowest BCUT2D eigenvalue weighted by Gasteiger charge is -2.25. The van der Waals surface area contributed by atoms with Crippen molar-refractivity contribution in [1.82, 2.24) is 0 Å². The first-order valence-corrected chi connectivity index (χ1v) is 8.07. The molecule has 1 aromatic heterocycles. The summed E-state index contributed by atoms with van der Waals surface area (Å²) < 4.78 is 16.7. The smallest absolute Gasteiger partial charge is 0.162 e.